The highest BCUT2D eigenvalue weighted by molar-refractivity contribution is 5.96. The maximum absolute atomic E-state index is 12.1. The van der Waals surface area contributed by atoms with Gasteiger partial charge in [0.2, 0.25) is 5.91 Å². The second kappa shape index (κ2) is 5.44. The number of nitrogens with one attached hydrogen (secondary N) is 1. The molecule has 6 heteroatoms. The van der Waals surface area contributed by atoms with E-state index in [1.54, 1.807) is 12.4 Å². The van der Waals surface area contributed by atoms with Crippen molar-refractivity contribution in [2.75, 3.05) is 5.32 Å². The molecule has 0 saturated heterocycles. The van der Waals surface area contributed by atoms with E-state index in [1.165, 1.54) is 0 Å². The molecule has 2 rings (SSSR count). The summed E-state index contributed by atoms with van der Waals surface area (Å²) in [5.41, 5.74) is 7.11. The smallest absolute Gasteiger partial charge is 0.241 e. The number of aromatic nitrogens is 3. The van der Waals surface area contributed by atoms with Crippen molar-refractivity contribution in [3.05, 3.63) is 18.5 Å². The van der Waals surface area contributed by atoms with Crippen LogP contribution in [-0.2, 0) is 4.79 Å². The highest BCUT2D eigenvalue weighted by Crippen LogP contribution is 2.21. The van der Waals surface area contributed by atoms with Crippen molar-refractivity contribution in [3.63, 3.8) is 0 Å². The molecule has 0 aromatic carbocycles. The van der Waals surface area contributed by atoms with Gasteiger partial charge in [0, 0.05) is 11.4 Å². The Morgan fingerprint density at radius 3 is 2.57 bits per heavy atom. The maximum Gasteiger partial charge on any atom is 0.241 e. The maximum atomic E-state index is 12.1. The summed E-state index contributed by atoms with van der Waals surface area (Å²) in [5.74, 6) is -0.208. The molecule has 2 aromatic rings. The van der Waals surface area contributed by atoms with Gasteiger partial charge in [-0.25, -0.2) is 9.67 Å². The van der Waals surface area contributed by atoms with E-state index >= 15 is 0 Å². The summed E-state index contributed by atoms with van der Waals surface area (Å²) in [5, 5.41) is 8.02. The molecule has 0 aliphatic heterocycles. The van der Waals surface area contributed by atoms with Crippen molar-refractivity contribution in [1.82, 2.24) is 14.8 Å². The fourth-order valence-electron chi connectivity index (χ4n) is 2.00. The van der Waals surface area contributed by atoms with Gasteiger partial charge in [0.15, 0.2) is 5.65 Å². The van der Waals surface area contributed by atoms with Crippen molar-refractivity contribution < 1.29 is 4.79 Å². The summed E-state index contributed by atoms with van der Waals surface area (Å²) in [4.78, 5) is 16.5. The van der Waals surface area contributed by atoms with Gasteiger partial charge in [-0.05, 0) is 25.3 Å². The predicted octanol–water partition coefficient (Wildman–Crippen LogP) is 2.32. The number of fused-ring (bicyclic) bond motifs is 1. The fourth-order valence-corrected chi connectivity index (χ4v) is 2.00. The number of carbonyl (C=O) groups excluding carboxylic acids is 1. The summed E-state index contributed by atoms with van der Waals surface area (Å²) >= 11 is 0. The van der Waals surface area contributed by atoms with E-state index in [-0.39, 0.29) is 17.4 Å². The molecular weight excluding hydrogens is 266 g/mol. The highest BCUT2D eigenvalue weighted by Gasteiger charge is 2.27. The van der Waals surface area contributed by atoms with Gasteiger partial charge < -0.3 is 11.1 Å². The first-order valence-corrected chi connectivity index (χ1v) is 7.10. The molecule has 1 atom stereocenters. The van der Waals surface area contributed by atoms with Crippen LogP contribution in [0.4, 0.5) is 5.69 Å². The Labute approximate surface area is 124 Å². The van der Waals surface area contributed by atoms with Gasteiger partial charge >= 0.3 is 0 Å². The van der Waals surface area contributed by atoms with Crippen LogP contribution in [0.1, 0.15) is 40.7 Å². The number of nitrogens with two attached hydrogens (primary N) is 1. The molecule has 0 saturated carbocycles. The van der Waals surface area contributed by atoms with Crippen LogP contribution in [0.2, 0.25) is 0 Å². The van der Waals surface area contributed by atoms with Crippen LogP contribution in [0.25, 0.3) is 11.0 Å². The zero-order valence-electron chi connectivity index (χ0n) is 13.2. The van der Waals surface area contributed by atoms with E-state index in [2.05, 4.69) is 15.4 Å². The number of nitrogens with zero attached hydrogens (tertiary/aromatic N) is 3. The molecule has 2 aromatic heterocycles. The van der Waals surface area contributed by atoms with Crippen LogP contribution >= 0.6 is 0 Å². The van der Waals surface area contributed by atoms with Crippen LogP contribution in [0.5, 0.6) is 0 Å². The molecule has 6 nitrogen and oxygen atoms in total. The zero-order chi connectivity index (χ0) is 15.8. The van der Waals surface area contributed by atoms with Crippen LogP contribution in [0.15, 0.2) is 18.5 Å². The molecule has 0 aliphatic rings. The third kappa shape index (κ3) is 3.21. The minimum Gasteiger partial charge on any atom is -0.323 e. The number of pyridine rings is 1. The SMILES string of the molecule is CC(C)n1ncc2cc(NC(=O)[C@H](N)C(C)(C)C)cnc21. The fraction of sp³-hybridized carbons (Fsp3) is 0.533. The molecule has 0 unspecified atom stereocenters. The lowest BCUT2D eigenvalue weighted by molar-refractivity contribution is -0.119. The third-order valence-corrected chi connectivity index (χ3v) is 3.41. The first kappa shape index (κ1) is 15.4. The summed E-state index contributed by atoms with van der Waals surface area (Å²) in [7, 11) is 0. The van der Waals surface area contributed by atoms with Gasteiger partial charge in [-0.1, -0.05) is 20.8 Å². The van der Waals surface area contributed by atoms with Gasteiger partial charge in [-0.3, -0.25) is 4.79 Å². The molecule has 0 spiro atoms. The Bertz CT molecular complexity index is 654. The average Bonchev–Trinajstić information content (AvgIpc) is 2.79. The van der Waals surface area contributed by atoms with E-state index in [9.17, 15) is 4.79 Å². The minimum atomic E-state index is -0.577. The molecular formula is C15H23N5O. The van der Waals surface area contributed by atoms with Gasteiger partial charge in [-0.15, -0.1) is 0 Å². The number of carbonyl (C=O) groups is 1. The van der Waals surface area contributed by atoms with Crippen molar-refractivity contribution in [2.24, 2.45) is 11.1 Å². The minimum absolute atomic E-state index is 0.208. The number of hydrogen-bond donors (Lipinski definition) is 2. The number of hydrogen-bond acceptors (Lipinski definition) is 4. The molecule has 0 bridgehead atoms. The Balaban J connectivity index is 2.23. The Morgan fingerprint density at radius 2 is 2.00 bits per heavy atom. The first-order chi connectivity index (χ1) is 9.70. The van der Waals surface area contributed by atoms with Crippen molar-refractivity contribution >= 4 is 22.6 Å². The molecule has 0 aliphatic carbocycles. The van der Waals surface area contributed by atoms with E-state index in [4.69, 9.17) is 5.73 Å². The molecule has 1 amide bonds. The van der Waals surface area contributed by atoms with Crippen molar-refractivity contribution in [3.8, 4) is 0 Å². The Morgan fingerprint density at radius 1 is 1.33 bits per heavy atom. The van der Waals surface area contributed by atoms with Gasteiger partial charge in [0.25, 0.3) is 0 Å². The summed E-state index contributed by atoms with van der Waals surface area (Å²) in [6.45, 7) is 9.90. The molecule has 0 radical (unpaired) electrons. The number of anilines is 1. The normalized spacial score (nSPS) is 13.7. The topological polar surface area (TPSA) is 85.8 Å². The summed E-state index contributed by atoms with van der Waals surface area (Å²) < 4.78 is 1.85. The Kier molecular flexibility index (Phi) is 4.00. The lowest BCUT2D eigenvalue weighted by atomic mass is 9.87. The standard InChI is InChI=1S/C15H23N5O/c1-9(2)20-13-10(7-18-20)6-11(8-17-13)19-14(21)12(16)15(3,4)5/h6-9,12H,16H2,1-5H3,(H,19,21)/t12-/m0/s1. The second-order valence-electron chi connectivity index (χ2n) is 6.65. The lowest BCUT2D eigenvalue weighted by Crippen LogP contribution is -2.45. The van der Waals surface area contributed by atoms with Crippen LogP contribution in [0, 0.1) is 5.41 Å². The van der Waals surface area contributed by atoms with Gasteiger partial charge in [-0.2, -0.15) is 5.10 Å². The van der Waals surface area contributed by atoms with Gasteiger partial charge in [0.05, 0.1) is 24.1 Å². The highest BCUT2D eigenvalue weighted by atomic mass is 16.2. The van der Waals surface area contributed by atoms with E-state index in [0.717, 1.165) is 11.0 Å². The zero-order valence-corrected chi connectivity index (χ0v) is 13.2. The quantitative estimate of drug-likeness (QED) is 0.908. The lowest BCUT2D eigenvalue weighted by Gasteiger charge is -2.25. The molecule has 0 fully saturated rings. The third-order valence-electron chi connectivity index (χ3n) is 3.41. The number of rotatable bonds is 3. The monoisotopic (exact) mass is 289 g/mol. The van der Waals surface area contributed by atoms with Crippen LogP contribution in [-0.4, -0.2) is 26.7 Å². The second-order valence-corrected chi connectivity index (χ2v) is 6.65. The number of amides is 1. The van der Waals surface area contributed by atoms with E-state index in [0.29, 0.717) is 5.69 Å². The van der Waals surface area contributed by atoms with Crippen molar-refractivity contribution in [1.29, 1.82) is 0 Å². The molecule has 3 N–H and O–H groups in total. The molecule has 114 valence electrons. The predicted molar refractivity (Wildman–Crippen MR) is 84.0 cm³/mol. The van der Waals surface area contributed by atoms with E-state index < -0.39 is 6.04 Å². The average molecular weight is 289 g/mol. The van der Waals surface area contributed by atoms with Crippen LogP contribution in [0.3, 0.4) is 0 Å². The molecule has 2 heterocycles. The van der Waals surface area contributed by atoms with E-state index in [1.807, 2.05) is 45.4 Å². The molecule has 21 heavy (non-hydrogen) atoms. The van der Waals surface area contributed by atoms with Crippen molar-refractivity contribution in [2.45, 2.75) is 46.7 Å². The Hall–Kier alpha value is -1.95. The summed E-state index contributed by atoms with van der Waals surface area (Å²) in [6, 6.07) is 1.53. The van der Waals surface area contributed by atoms with Crippen LogP contribution < -0.4 is 11.1 Å². The first-order valence-electron chi connectivity index (χ1n) is 7.10. The summed E-state index contributed by atoms with van der Waals surface area (Å²) in [6.07, 6.45) is 3.39. The largest absolute Gasteiger partial charge is 0.323 e. The van der Waals surface area contributed by atoms with Gasteiger partial charge in [0.1, 0.15) is 0 Å².